The molecule has 0 fully saturated rings. The maximum Gasteiger partial charge on any atom is 0.179 e. The van der Waals surface area contributed by atoms with Crippen molar-refractivity contribution in [3.63, 3.8) is 0 Å². The van der Waals surface area contributed by atoms with Crippen LogP contribution < -0.4 is 5.73 Å². The topological polar surface area (TPSA) is 94.3 Å². The molecular weight excluding hydrogens is 274 g/mol. The Morgan fingerprint density at radius 3 is 1.89 bits per heavy atom. The monoisotopic (exact) mass is 291 g/mol. The highest BCUT2D eigenvalue weighted by Crippen LogP contribution is 2.16. The molecule has 0 heterocycles. The lowest BCUT2D eigenvalue weighted by Crippen LogP contribution is -2.28. The molecule has 1 unspecified atom stereocenters. The molecule has 0 spiro atoms. The summed E-state index contributed by atoms with van der Waals surface area (Å²) in [4.78, 5) is 0.194. The third-order valence-electron chi connectivity index (χ3n) is 2.57. The Labute approximate surface area is 108 Å². The lowest BCUT2D eigenvalue weighted by molar-refractivity contribution is 0.583. The highest BCUT2D eigenvalue weighted by atomic mass is 32.2. The van der Waals surface area contributed by atoms with Crippen molar-refractivity contribution in [1.29, 1.82) is 0 Å². The van der Waals surface area contributed by atoms with E-state index in [4.69, 9.17) is 5.73 Å². The van der Waals surface area contributed by atoms with Crippen LogP contribution in [0, 0.1) is 0 Å². The van der Waals surface area contributed by atoms with Gasteiger partial charge in [0, 0.05) is 12.3 Å². The van der Waals surface area contributed by atoms with Crippen molar-refractivity contribution in [3.8, 4) is 0 Å². The minimum Gasteiger partial charge on any atom is -0.327 e. The van der Waals surface area contributed by atoms with Crippen molar-refractivity contribution in [2.45, 2.75) is 29.2 Å². The average molecular weight is 291 g/mol. The molecule has 102 valence electrons. The first-order chi connectivity index (χ1) is 8.16. The van der Waals surface area contributed by atoms with Crippen molar-refractivity contribution in [1.82, 2.24) is 0 Å². The van der Waals surface area contributed by atoms with Gasteiger partial charge in [-0.15, -0.1) is 0 Å². The molecule has 7 heteroatoms. The van der Waals surface area contributed by atoms with E-state index in [1.54, 1.807) is 0 Å². The molecule has 18 heavy (non-hydrogen) atoms. The summed E-state index contributed by atoms with van der Waals surface area (Å²) < 4.78 is 46.4. The van der Waals surface area contributed by atoms with Crippen LogP contribution in [0.1, 0.15) is 13.3 Å². The number of rotatable bonds is 5. The van der Waals surface area contributed by atoms with E-state index < -0.39 is 25.7 Å². The van der Waals surface area contributed by atoms with Gasteiger partial charge in [0.25, 0.3) is 0 Å². The Morgan fingerprint density at radius 1 is 1.06 bits per heavy atom. The summed E-state index contributed by atoms with van der Waals surface area (Å²) in [5.41, 5.74) is 5.62. The maximum absolute atomic E-state index is 11.9. The lowest BCUT2D eigenvalue weighted by atomic mass is 10.3. The van der Waals surface area contributed by atoms with E-state index in [0.29, 0.717) is 6.42 Å². The SMILES string of the molecule is CCC(N)CS(=O)(=O)c1ccc(S(C)(=O)=O)cc1. The molecule has 1 atom stereocenters. The quantitative estimate of drug-likeness (QED) is 0.857. The van der Waals surface area contributed by atoms with E-state index in [-0.39, 0.29) is 15.5 Å². The van der Waals surface area contributed by atoms with Gasteiger partial charge < -0.3 is 5.73 Å². The molecule has 0 saturated carbocycles. The largest absolute Gasteiger partial charge is 0.327 e. The summed E-state index contributed by atoms with van der Waals surface area (Å²) in [6, 6.07) is 4.77. The Hall–Kier alpha value is -0.920. The fourth-order valence-corrected chi connectivity index (χ4v) is 3.56. The van der Waals surface area contributed by atoms with Gasteiger partial charge in [-0.1, -0.05) is 6.92 Å². The van der Waals surface area contributed by atoms with Crippen LogP contribution in [0.25, 0.3) is 0 Å². The first-order valence-corrected chi connectivity index (χ1v) is 8.99. The van der Waals surface area contributed by atoms with Crippen LogP contribution in [0.3, 0.4) is 0 Å². The second-order valence-electron chi connectivity index (χ2n) is 4.19. The van der Waals surface area contributed by atoms with Gasteiger partial charge >= 0.3 is 0 Å². The summed E-state index contributed by atoms with van der Waals surface area (Å²) in [5.74, 6) is -0.137. The number of hydrogen-bond donors (Lipinski definition) is 1. The molecule has 0 aliphatic heterocycles. The number of benzene rings is 1. The minimum absolute atomic E-state index is 0.0961. The predicted molar refractivity (Wildman–Crippen MR) is 69.9 cm³/mol. The molecule has 0 aromatic heterocycles. The third kappa shape index (κ3) is 3.79. The van der Waals surface area contributed by atoms with Gasteiger partial charge in [0.15, 0.2) is 19.7 Å². The first kappa shape index (κ1) is 15.1. The van der Waals surface area contributed by atoms with Crippen LogP contribution in [0.4, 0.5) is 0 Å². The molecule has 0 aliphatic rings. The fraction of sp³-hybridized carbons (Fsp3) is 0.455. The van der Waals surface area contributed by atoms with Gasteiger partial charge in [0.1, 0.15) is 0 Å². The average Bonchev–Trinajstić information content (AvgIpc) is 2.27. The minimum atomic E-state index is -3.45. The molecule has 1 rings (SSSR count). The van der Waals surface area contributed by atoms with Gasteiger partial charge in [-0.05, 0) is 30.7 Å². The molecule has 0 saturated heterocycles. The summed E-state index contributed by atoms with van der Waals surface area (Å²) in [6.45, 7) is 1.81. The van der Waals surface area contributed by atoms with Gasteiger partial charge in [-0.3, -0.25) is 0 Å². The van der Waals surface area contributed by atoms with E-state index in [9.17, 15) is 16.8 Å². The van der Waals surface area contributed by atoms with E-state index in [1.807, 2.05) is 6.92 Å². The van der Waals surface area contributed by atoms with E-state index in [1.165, 1.54) is 24.3 Å². The van der Waals surface area contributed by atoms with Crippen LogP contribution in [0.5, 0.6) is 0 Å². The third-order valence-corrected chi connectivity index (χ3v) is 5.55. The Bertz CT molecular complexity index is 603. The summed E-state index contributed by atoms with van der Waals surface area (Å²) >= 11 is 0. The van der Waals surface area contributed by atoms with Gasteiger partial charge in [-0.2, -0.15) is 0 Å². The highest BCUT2D eigenvalue weighted by molar-refractivity contribution is 7.91. The van der Waals surface area contributed by atoms with Gasteiger partial charge in [0.05, 0.1) is 15.5 Å². The van der Waals surface area contributed by atoms with E-state index in [2.05, 4.69) is 0 Å². The van der Waals surface area contributed by atoms with E-state index >= 15 is 0 Å². The van der Waals surface area contributed by atoms with Crippen molar-refractivity contribution in [2.24, 2.45) is 5.73 Å². The smallest absolute Gasteiger partial charge is 0.179 e. The Morgan fingerprint density at radius 2 is 1.50 bits per heavy atom. The zero-order chi connectivity index (χ0) is 14.0. The van der Waals surface area contributed by atoms with Crippen LogP contribution in [-0.2, 0) is 19.7 Å². The summed E-state index contributed by atoms with van der Waals surface area (Å²) in [6.07, 6.45) is 1.64. The number of nitrogens with two attached hydrogens (primary N) is 1. The van der Waals surface area contributed by atoms with Crippen LogP contribution >= 0.6 is 0 Å². The van der Waals surface area contributed by atoms with Crippen LogP contribution in [0.2, 0.25) is 0 Å². The van der Waals surface area contributed by atoms with E-state index in [0.717, 1.165) is 6.26 Å². The molecule has 0 aliphatic carbocycles. The molecule has 1 aromatic rings. The molecule has 1 aromatic carbocycles. The molecule has 5 nitrogen and oxygen atoms in total. The first-order valence-electron chi connectivity index (χ1n) is 5.45. The molecule has 0 amide bonds. The highest BCUT2D eigenvalue weighted by Gasteiger charge is 2.18. The molecule has 2 N–H and O–H groups in total. The number of sulfone groups is 2. The molecule has 0 bridgehead atoms. The van der Waals surface area contributed by atoms with Crippen LogP contribution in [0.15, 0.2) is 34.1 Å². The van der Waals surface area contributed by atoms with Crippen molar-refractivity contribution < 1.29 is 16.8 Å². The second kappa shape index (κ2) is 5.38. The zero-order valence-corrected chi connectivity index (χ0v) is 12.0. The van der Waals surface area contributed by atoms with Crippen LogP contribution in [-0.4, -0.2) is 34.9 Å². The number of hydrogen-bond acceptors (Lipinski definition) is 5. The molecular formula is C11H17NO4S2. The summed E-state index contributed by atoms with van der Waals surface area (Å²) in [7, 11) is -6.77. The Kier molecular flexibility index (Phi) is 4.52. The van der Waals surface area contributed by atoms with Crippen molar-refractivity contribution in [3.05, 3.63) is 24.3 Å². The maximum atomic E-state index is 11.9. The standard InChI is InChI=1S/C11H17NO4S2/c1-3-9(12)8-18(15,16)11-6-4-10(5-7-11)17(2,13)14/h4-7,9H,3,8,12H2,1-2H3. The normalized spacial score (nSPS) is 14.4. The molecule has 0 radical (unpaired) electrons. The van der Waals surface area contributed by atoms with Gasteiger partial charge in [-0.25, -0.2) is 16.8 Å². The predicted octanol–water partition coefficient (Wildman–Crippen LogP) is 0.601. The van der Waals surface area contributed by atoms with Gasteiger partial charge in [0.2, 0.25) is 0 Å². The summed E-state index contributed by atoms with van der Waals surface area (Å²) in [5, 5.41) is 0. The van der Waals surface area contributed by atoms with Crippen molar-refractivity contribution >= 4 is 19.7 Å². The van der Waals surface area contributed by atoms with Crippen molar-refractivity contribution in [2.75, 3.05) is 12.0 Å². The Balaban J connectivity index is 3.06. The zero-order valence-electron chi connectivity index (χ0n) is 10.3. The fourth-order valence-electron chi connectivity index (χ4n) is 1.39. The lowest BCUT2D eigenvalue weighted by Gasteiger charge is -2.10. The second-order valence-corrected chi connectivity index (χ2v) is 8.24.